The summed E-state index contributed by atoms with van der Waals surface area (Å²) in [6, 6.07) is 0.316. The first kappa shape index (κ1) is 13.1. The van der Waals surface area contributed by atoms with Gasteiger partial charge in [0.2, 0.25) is 0 Å². The molecule has 0 bridgehead atoms. The summed E-state index contributed by atoms with van der Waals surface area (Å²) in [6.07, 6.45) is 7.88. The standard InChI is InChI=1S/C14H18ClN3S/c1-2-12(14-17-10(7-15)8-19-14)18-9-16-11-5-3-4-6-13(11)18/h8-9,12H,2-7H2,1H3. The molecule has 0 amide bonds. The maximum absolute atomic E-state index is 5.85. The van der Waals surface area contributed by atoms with E-state index in [-0.39, 0.29) is 0 Å². The molecule has 0 aromatic carbocycles. The molecule has 19 heavy (non-hydrogen) atoms. The lowest BCUT2D eigenvalue weighted by molar-refractivity contribution is 0.524. The molecule has 102 valence electrons. The molecule has 0 N–H and O–H groups in total. The molecule has 1 aliphatic carbocycles. The Hall–Kier alpha value is -0.870. The summed E-state index contributed by atoms with van der Waals surface area (Å²) < 4.78 is 2.34. The highest BCUT2D eigenvalue weighted by Gasteiger charge is 2.22. The van der Waals surface area contributed by atoms with Gasteiger partial charge in [-0.2, -0.15) is 0 Å². The predicted molar refractivity (Wildman–Crippen MR) is 79.0 cm³/mol. The largest absolute Gasteiger partial charge is 0.324 e. The van der Waals surface area contributed by atoms with Crippen LogP contribution in [0.15, 0.2) is 11.7 Å². The number of aryl methyl sites for hydroxylation is 1. The van der Waals surface area contributed by atoms with Crippen molar-refractivity contribution in [1.82, 2.24) is 14.5 Å². The van der Waals surface area contributed by atoms with Gasteiger partial charge in [-0.05, 0) is 32.1 Å². The summed E-state index contributed by atoms with van der Waals surface area (Å²) in [5.74, 6) is 0.495. The van der Waals surface area contributed by atoms with Crippen molar-refractivity contribution in [2.45, 2.75) is 50.9 Å². The van der Waals surface area contributed by atoms with Crippen molar-refractivity contribution in [1.29, 1.82) is 0 Å². The highest BCUT2D eigenvalue weighted by molar-refractivity contribution is 7.09. The van der Waals surface area contributed by atoms with Crippen LogP contribution in [0.1, 0.15) is 54.3 Å². The Morgan fingerprint density at radius 2 is 2.26 bits per heavy atom. The lowest BCUT2D eigenvalue weighted by Gasteiger charge is -2.20. The molecule has 2 aromatic heterocycles. The minimum atomic E-state index is 0.316. The van der Waals surface area contributed by atoms with Crippen LogP contribution in [0.25, 0.3) is 0 Å². The third-order valence-corrected chi connectivity index (χ3v) is 5.04. The molecule has 3 nitrogen and oxygen atoms in total. The highest BCUT2D eigenvalue weighted by atomic mass is 35.5. The second-order valence-corrected chi connectivity index (χ2v) is 6.14. The van der Waals surface area contributed by atoms with Crippen molar-refractivity contribution in [3.63, 3.8) is 0 Å². The first-order valence-corrected chi connectivity index (χ1v) is 8.29. The van der Waals surface area contributed by atoms with Crippen molar-refractivity contribution in [2.75, 3.05) is 0 Å². The van der Waals surface area contributed by atoms with Gasteiger partial charge in [-0.25, -0.2) is 9.97 Å². The molecular formula is C14H18ClN3S. The number of halogens is 1. The molecule has 1 atom stereocenters. The number of aromatic nitrogens is 3. The Labute approximate surface area is 122 Å². The molecule has 2 heterocycles. The van der Waals surface area contributed by atoms with Crippen LogP contribution in [-0.4, -0.2) is 14.5 Å². The summed E-state index contributed by atoms with van der Waals surface area (Å²) in [5.41, 5.74) is 3.69. The summed E-state index contributed by atoms with van der Waals surface area (Å²) in [5, 5.41) is 3.22. The average molecular weight is 296 g/mol. The molecule has 0 spiro atoms. The fourth-order valence-corrected chi connectivity index (χ4v) is 4.02. The molecule has 1 aliphatic rings. The van der Waals surface area contributed by atoms with Gasteiger partial charge >= 0.3 is 0 Å². The molecule has 0 saturated heterocycles. The zero-order chi connectivity index (χ0) is 13.2. The lowest BCUT2D eigenvalue weighted by atomic mass is 10.0. The summed E-state index contributed by atoms with van der Waals surface area (Å²) in [7, 11) is 0. The predicted octanol–water partition coefficient (Wildman–Crippen LogP) is 3.96. The van der Waals surface area contributed by atoms with Gasteiger partial charge < -0.3 is 4.57 Å². The second kappa shape index (κ2) is 5.63. The number of fused-ring (bicyclic) bond motifs is 1. The number of nitrogens with zero attached hydrogens (tertiary/aromatic N) is 3. The average Bonchev–Trinajstić information content (AvgIpc) is 3.07. The third kappa shape index (κ3) is 2.43. The van der Waals surface area contributed by atoms with Gasteiger partial charge in [0.15, 0.2) is 0 Å². The zero-order valence-electron chi connectivity index (χ0n) is 11.1. The Morgan fingerprint density at radius 3 is 3.00 bits per heavy atom. The van der Waals surface area contributed by atoms with E-state index in [9.17, 15) is 0 Å². The van der Waals surface area contributed by atoms with Crippen molar-refractivity contribution in [3.8, 4) is 0 Å². The van der Waals surface area contributed by atoms with Crippen LogP contribution in [0.2, 0.25) is 0 Å². The van der Waals surface area contributed by atoms with E-state index < -0.39 is 0 Å². The van der Waals surface area contributed by atoms with Gasteiger partial charge in [0.1, 0.15) is 5.01 Å². The van der Waals surface area contributed by atoms with E-state index in [1.54, 1.807) is 11.3 Å². The molecule has 1 unspecified atom stereocenters. The Morgan fingerprint density at radius 1 is 1.42 bits per heavy atom. The number of alkyl halides is 1. The molecule has 2 aromatic rings. The molecule has 0 saturated carbocycles. The van der Waals surface area contributed by atoms with Crippen LogP contribution in [0.4, 0.5) is 0 Å². The fraction of sp³-hybridized carbons (Fsp3) is 0.571. The quantitative estimate of drug-likeness (QED) is 0.800. The van der Waals surface area contributed by atoms with E-state index in [4.69, 9.17) is 11.6 Å². The van der Waals surface area contributed by atoms with Gasteiger partial charge in [0, 0.05) is 11.1 Å². The van der Waals surface area contributed by atoms with Gasteiger partial charge in [0.25, 0.3) is 0 Å². The SMILES string of the molecule is CCC(c1nc(CCl)cs1)n1cnc2c1CCCC2. The van der Waals surface area contributed by atoms with Crippen LogP contribution in [0.5, 0.6) is 0 Å². The van der Waals surface area contributed by atoms with E-state index >= 15 is 0 Å². The number of thiazole rings is 1. The second-order valence-electron chi connectivity index (χ2n) is 4.99. The molecular weight excluding hydrogens is 278 g/mol. The van der Waals surface area contributed by atoms with E-state index in [2.05, 4.69) is 26.8 Å². The Balaban J connectivity index is 1.95. The first-order valence-electron chi connectivity index (χ1n) is 6.88. The monoisotopic (exact) mass is 295 g/mol. The molecule has 5 heteroatoms. The van der Waals surface area contributed by atoms with Gasteiger partial charge in [-0.15, -0.1) is 22.9 Å². The normalized spacial score (nSPS) is 16.3. The first-order chi connectivity index (χ1) is 9.33. The minimum absolute atomic E-state index is 0.316. The van der Waals surface area contributed by atoms with Gasteiger partial charge in [0.05, 0.1) is 29.6 Å². The molecule has 0 fully saturated rings. The number of imidazole rings is 1. The number of hydrogen-bond acceptors (Lipinski definition) is 3. The maximum Gasteiger partial charge on any atom is 0.116 e. The van der Waals surface area contributed by atoms with E-state index in [1.807, 2.05) is 6.33 Å². The lowest BCUT2D eigenvalue weighted by Crippen LogP contribution is -2.14. The summed E-state index contributed by atoms with van der Waals surface area (Å²) >= 11 is 7.56. The zero-order valence-corrected chi connectivity index (χ0v) is 12.7. The van der Waals surface area contributed by atoms with Crippen molar-refractivity contribution in [2.24, 2.45) is 0 Å². The van der Waals surface area contributed by atoms with Crippen molar-refractivity contribution >= 4 is 22.9 Å². The number of hydrogen-bond donors (Lipinski definition) is 0. The molecule has 0 radical (unpaired) electrons. The van der Waals surface area contributed by atoms with Crippen molar-refractivity contribution < 1.29 is 0 Å². The van der Waals surface area contributed by atoms with E-state index in [0.717, 1.165) is 30.0 Å². The van der Waals surface area contributed by atoms with E-state index in [0.29, 0.717) is 11.9 Å². The van der Waals surface area contributed by atoms with Crippen LogP contribution < -0.4 is 0 Å². The van der Waals surface area contributed by atoms with Crippen molar-refractivity contribution in [3.05, 3.63) is 33.8 Å². The molecule has 0 aliphatic heterocycles. The topological polar surface area (TPSA) is 30.7 Å². The smallest absolute Gasteiger partial charge is 0.116 e. The Kier molecular flexibility index (Phi) is 3.89. The Bertz CT molecular complexity index is 561. The van der Waals surface area contributed by atoms with Crippen LogP contribution >= 0.6 is 22.9 Å². The molecule has 3 rings (SSSR count). The number of rotatable bonds is 4. The van der Waals surface area contributed by atoms with E-state index in [1.165, 1.54) is 24.2 Å². The van der Waals surface area contributed by atoms with Crippen LogP contribution in [0.3, 0.4) is 0 Å². The maximum atomic E-state index is 5.85. The third-order valence-electron chi connectivity index (χ3n) is 3.77. The summed E-state index contributed by atoms with van der Waals surface area (Å²) in [6.45, 7) is 2.21. The fourth-order valence-electron chi connectivity index (χ4n) is 2.79. The highest BCUT2D eigenvalue weighted by Crippen LogP contribution is 2.30. The summed E-state index contributed by atoms with van der Waals surface area (Å²) in [4.78, 5) is 9.23. The van der Waals surface area contributed by atoms with Gasteiger partial charge in [-0.3, -0.25) is 0 Å². The van der Waals surface area contributed by atoms with Crippen LogP contribution in [0, 0.1) is 0 Å². The van der Waals surface area contributed by atoms with Gasteiger partial charge in [-0.1, -0.05) is 6.92 Å². The minimum Gasteiger partial charge on any atom is -0.324 e. The van der Waals surface area contributed by atoms with Crippen LogP contribution in [-0.2, 0) is 18.7 Å².